The minimum absolute atomic E-state index is 0.215. The van der Waals surface area contributed by atoms with Crippen LogP contribution in [0, 0.1) is 0 Å². The van der Waals surface area contributed by atoms with Crippen molar-refractivity contribution in [3.63, 3.8) is 0 Å². The number of nitrogens with zero attached hydrogens (tertiary/aromatic N) is 1. The van der Waals surface area contributed by atoms with Crippen LogP contribution in [0.3, 0.4) is 0 Å². The number of carbonyl (C=O) groups is 1. The van der Waals surface area contributed by atoms with Gasteiger partial charge >= 0.3 is 0 Å². The van der Waals surface area contributed by atoms with Crippen molar-refractivity contribution in [1.82, 2.24) is 4.98 Å². The van der Waals surface area contributed by atoms with E-state index in [1.807, 2.05) is 60.7 Å². The molecule has 1 amide bonds. The number of amides is 1. The van der Waals surface area contributed by atoms with Crippen molar-refractivity contribution in [3.05, 3.63) is 84.2 Å². The molecule has 0 aliphatic carbocycles. The van der Waals surface area contributed by atoms with Crippen molar-refractivity contribution in [2.75, 3.05) is 10.6 Å². The Balaban J connectivity index is 1.77. The molecule has 0 fully saturated rings. The fourth-order valence-electron chi connectivity index (χ4n) is 2.46. The Labute approximate surface area is 141 Å². The number of para-hydroxylation sites is 2. The molecule has 0 saturated carbocycles. The summed E-state index contributed by atoms with van der Waals surface area (Å²) in [5.74, 6) is -0.215. The van der Waals surface area contributed by atoms with Crippen LogP contribution in [-0.2, 0) is 6.42 Å². The Bertz CT molecular complexity index is 831. The minimum atomic E-state index is -0.215. The molecule has 4 heteroatoms. The van der Waals surface area contributed by atoms with Gasteiger partial charge in [0.15, 0.2) is 0 Å². The molecule has 120 valence electrons. The van der Waals surface area contributed by atoms with Crippen LogP contribution < -0.4 is 10.6 Å². The Morgan fingerprint density at radius 3 is 2.50 bits per heavy atom. The van der Waals surface area contributed by atoms with Crippen LogP contribution in [0.1, 0.15) is 23.0 Å². The number of rotatable bonds is 5. The number of nitrogens with one attached hydrogen (secondary N) is 2. The average Bonchev–Trinajstić information content (AvgIpc) is 2.63. The highest BCUT2D eigenvalue weighted by Gasteiger charge is 2.10. The van der Waals surface area contributed by atoms with Gasteiger partial charge < -0.3 is 10.6 Å². The van der Waals surface area contributed by atoms with Crippen LogP contribution in [0.15, 0.2) is 72.9 Å². The number of aryl methyl sites for hydroxylation is 1. The first-order chi connectivity index (χ1) is 11.8. The first-order valence-electron chi connectivity index (χ1n) is 7.93. The molecule has 0 saturated heterocycles. The van der Waals surface area contributed by atoms with Crippen molar-refractivity contribution in [1.29, 1.82) is 0 Å². The van der Waals surface area contributed by atoms with Crippen LogP contribution in [0.5, 0.6) is 0 Å². The van der Waals surface area contributed by atoms with Crippen molar-refractivity contribution in [2.24, 2.45) is 0 Å². The Kier molecular flexibility index (Phi) is 4.87. The summed E-state index contributed by atoms with van der Waals surface area (Å²) in [7, 11) is 0. The fraction of sp³-hybridized carbons (Fsp3) is 0.100. The lowest BCUT2D eigenvalue weighted by molar-refractivity contribution is 0.102. The zero-order valence-corrected chi connectivity index (χ0v) is 13.5. The maximum atomic E-state index is 12.5. The van der Waals surface area contributed by atoms with Gasteiger partial charge in [-0.25, -0.2) is 0 Å². The number of pyridine rings is 1. The van der Waals surface area contributed by atoms with E-state index in [-0.39, 0.29) is 5.91 Å². The lowest BCUT2D eigenvalue weighted by atomic mass is 10.1. The Morgan fingerprint density at radius 2 is 1.71 bits per heavy atom. The number of anilines is 3. The van der Waals surface area contributed by atoms with Gasteiger partial charge in [0.2, 0.25) is 0 Å². The maximum Gasteiger partial charge on any atom is 0.274 e. The standard InChI is InChI=1S/C20H19N3O/c1-2-15-8-6-7-11-18(15)23-20(24)19-14-17(12-13-21-19)22-16-9-4-3-5-10-16/h3-14H,2H2,1H3,(H,21,22)(H,23,24). The highest BCUT2D eigenvalue weighted by atomic mass is 16.1. The van der Waals surface area contributed by atoms with Crippen LogP contribution in [0.2, 0.25) is 0 Å². The molecule has 4 nitrogen and oxygen atoms in total. The SMILES string of the molecule is CCc1ccccc1NC(=O)c1cc(Nc2ccccc2)ccn1. The first kappa shape index (κ1) is 15.7. The highest BCUT2D eigenvalue weighted by molar-refractivity contribution is 6.03. The predicted molar refractivity (Wildman–Crippen MR) is 97.7 cm³/mol. The summed E-state index contributed by atoms with van der Waals surface area (Å²) in [6.45, 7) is 2.06. The van der Waals surface area contributed by atoms with Crippen molar-refractivity contribution in [3.8, 4) is 0 Å². The fourth-order valence-corrected chi connectivity index (χ4v) is 2.46. The van der Waals surface area contributed by atoms with E-state index in [4.69, 9.17) is 0 Å². The third kappa shape index (κ3) is 3.79. The van der Waals surface area contributed by atoms with Crippen molar-refractivity contribution >= 4 is 23.0 Å². The lowest BCUT2D eigenvalue weighted by Crippen LogP contribution is -2.15. The summed E-state index contributed by atoms with van der Waals surface area (Å²) in [6, 6.07) is 21.2. The number of hydrogen-bond donors (Lipinski definition) is 2. The molecule has 0 atom stereocenters. The third-order valence-corrected chi connectivity index (χ3v) is 3.70. The van der Waals surface area contributed by atoms with Gasteiger partial charge in [-0.3, -0.25) is 9.78 Å². The zero-order valence-electron chi connectivity index (χ0n) is 13.5. The van der Waals surface area contributed by atoms with Crippen molar-refractivity contribution < 1.29 is 4.79 Å². The number of benzene rings is 2. The van der Waals surface area contributed by atoms with Gasteiger partial charge in [-0.1, -0.05) is 43.3 Å². The molecule has 0 unspecified atom stereocenters. The van der Waals surface area contributed by atoms with Gasteiger partial charge in [0.25, 0.3) is 5.91 Å². The minimum Gasteiger partial charge on any atom is -0.355 e. The van der Waals surface area contributed by atoms with E-state index in [1.54, 1.807) is 12.3 Å². The monoisotopic (exact) mass is 317 g/mol. The van der Waals surface area contributed by atoms with Gasteiger partial charge in [-0.05, 0) is 42.3 Å². The zero-order chi connectivity index (χ0) is 16.8. The van der Waals surface area contributed by atoms with E-state index >= 15 is 0 Å². The number of carbonyl (C=O) groups excluding carboxylic acids is 1. The molecule has 1 aromatic heterocycles. The molecule has 0 bridgehead atoms. The van der Waals surface area contributed by atoms with Gasteiger partial charge in [-0.15, -0.1) is 0 Å². The molecular formula is C20H19N3O. The lowest BCUT2D eigenvalue weighted by Gasteiger charge is -2.10. The van der Waals surface area contributed by atoms with E-state index in [0.29, 0.717) is 5.69 Å². The van der Waals surface area contributed by atoms with Gasteiger partial charge in [0.05, 0.1) is 0 Å². The predicted octanol–water partition coefficient (Wildman–Crippen LogP) is 4.64. The van der Waals surface area contributed by atoms with Crippen LogP contribution in [-0.4, -0.2) is 10.9 Å². The van der Waals surface area contributed by atoms with Crippen LogP contribution >= 0.6 is 0 Å². The smallest absolute Gasteiger partial charge is 0.274 e. The third-order valence-electron chi connectivity index (χ3n) is 3.70. The van der Waals surface area contributed by atoms with E-state index in [2.05, 4.69) is 22.5 Å². The summed E-state index contributed by atoms with van der Waals surface area (Å²) in [5, 5.41) is 6.21. The second-order valence-electron chi connectivity index (χ2n) is 5.39. The normalized spacial score (nSPS) is 10.2. The average molecular weight is 317 g/mol. The molecule has 2 aromatic carbocycles. The number of aromatic nitrogens is 1. The molecule has 24 heavy (non-hydrogen) atoms. The second kappa shape index (κ2) is 7.42. The van der Waals surface area contributed by atoms with E-state index in [9.17, 15) is 4.79 Å². The van der Waals surface area contributed by atoms with Gasteiger partial charge in [0, 0.05) is 23.3 Å². The number of hydrogen-bond acceptors (Lipinski definition) is 3. The molecule has 0 radical (unpaired) electrons. The summed E-state index contributed by atoms with van der Waals surface area (Å²) < 4.78 is 0. The largest absolute Gasteiger partial charge is 0.355 e. The molecular weight excluding hydrogens is 298 g/mol. The molecule has 0 aliphatic heterocycles. The summed E-state index contributed by atoms with van der Waals surface area (Å²) in [4.78, 5) is 16.7. The van der Waals surface area contributed by atoms with E-state index in [0.717, 1.165) is 29.0 Å². The van der Waals surface area contributed by atoms with Gasteiger partial charge in [0.1, 0.15) is 5.69 Å². The Hall–Kier alpha value is -3.14. The highest BCUT2D eigenvalue weighted by Crippen LogP contribution is 2.19. The second-order valence-corrected chi connectivity index (χ2v) is 5.39. The van der Waals surface area contributed by atoms with Crippen LogP contribution in [0.4, 0.5) is 17.1 Å². The molecule has 3 aromatic rings. The van der Waals surface area contributed by atoms with E-state index in [1.165, 1.54) is 0 Å². The first-order valence-corrected chi connectivity index (χ1v) is 7.93. The summed E-state index contributed by atoms with van der Waals surface area (Å²) >= 11 is 0. The molecule has 0 spiro atoms. The summed E-state index contributed by atoms with van der Waals surface area (Å²) in [6.07, 6.45) is 2.49. The molecule has 0 aliphatic rings. The van der Waals surface area contributed by atoms with Gasteiger partial charge in [-0.2, -0.15) is 0 Å². The molecule has 2 N–H and O–H groups in total. The Morgan fingerprint density at radius 1 is 0.958 bits per heavy atom. The van der Waals surface area contributed by atoms with E-state index < -0.39 is 0 Å². The molecule has 1 heterocycles. The maximum absolute atomic E-state index is 12.5. The molecule has 3 rings (SSSR count). The van der Waals surface area contributed by atoms with Crippen molar-refractivity contribution in [2.45, 2.75) is 13.3 Å². The summed E-state index contributed by atoms with van der Waals surface area (Å²) in [5.41, 5.74) is 4.09. The van der Waals surface area contributed by atoms with Crippen LogP contribution in [0.25, 0.3) is 0 Å². The quantitative estimate of drug-likeness (QED) is 0.721. The topological polar surface area (TPSA) is 54.0 Å².